The molecule has 4 heterocycles. The first kappa shape index (κ1) is 31.6. The van der Waals surface area contributed by atoms with Crippen LogP contribution in [0, 0.1) is 0 Å². The summed E-state index contributed by atoms with van der Waals surface area (Å²) in [5.74, 6) is -0.183. The van der Waals surface area contributed by atoms with Crippen molar-refractivity contribution in [2.45, 2.75) is 51.2 Å². The Bertz CT molecular complexity index is 1800. The first-order valence-electron chi connectivity index (χ1n) is 16.7. The summed E-state index contributed by atoms with van der Waals surface area (Å²) in [6, 6.07) is 26.5. The molecule has 0 unspecified atom stereocenters. The summed E-state index contributed by atoms with van der Waals surface area (Å²) in [5.41, 5.74) is 3.97. The van der Waals surface area contributed by atoms with E-state index in [0.29, 0.717) is 19.8 Å². The number of hydrogen-bond acceptors (Lipinski definition) is 9. The maximum atomic E-state index is 12.8. The molecule has 12 nitrogen and oxygen atoms in total. The second-order valence-corrected chi connectivity index (χ2v) is 12.3. The molecule has 2 saturated heterocycles. The summed E-state index contributed by atoms with van der Waals surface area (Å²) in [4.78, 5) is 19.2. The number of aromatic nitrogens is 6. The minimum atomic E-state index is -0.989. The van der Waals surface area contributed by atoms with Gasteiger partial charge in [-0.1, -0.05) is 37.3 Å². The van der Waals surface area contributed by atoms with Crippen molar-refractivity contribution in [1.82, 2.24) is 29.3 Å². The van der Waals surface area contributed by atoms with Crippen LogP contribution in [0.2, 0.25) is 0 Å². The lowest BCUT2D eigenvalue weighted by molar-refractivity contribution is -0.314. The molecule has 3 atom stereocenters. The molecular weight excluding hydrogens is 608 g/mol. The monoisotopic (exact) mass is 650 g/mol. The van der Waals surface area contributed by atoms with Crippen LogP contribution in [0.5, 0.6) is 5.75 Å². The molecule has 7 rings (SSSR count). The van der Waals surface area contributed by atoms with Crippen LogP contribution in [0.3, 0.4) is 0 Å². The van der Waals surface area contributed by atoms with Gasteiger partial charge >= 0.3 is 5.69 Å². The highest BCUT2D eigenvalue weighted by molar-refractivity contribution is 5.54. The van der Waals surface area contributed by atoms with Gasteiger partial charge in [-0.15, -0.1) is 0 Å². The summed E-state index contributed by atoms with van der Waals surface area (Å²) in [6.07, 6.45) is 6.35. The Morgan fingerprint density at radius 2 is 1.48 bits per heavy atom. The van der Waals surface area contributed by atoms with E-state index in [1.165, 1.54) is 5.69 Å². The van der Waals surface area contributed by atoms with Crippen molar-refractivity contribution in [1.29, 1.82) is 0 Å². The summed E-state index contributed by atoms with van der Waals surface area (Å²) in [6.45, 7) is 8.99. The topological polar surface area (TPSA) is 105 Å². The molecule has 2 aromatic heterocycles. The lowest BCUT2D eigenvalue weighted by Crippen LogP contribution is -2.47. The zero-order chi connectivity index (χ0) is 32.9. The maximum Gasteiger partial charge on any atom is 0.350 e. The first-order valence-corrected chi connectivity index (χ1v) is 16.7. The van der Waals surface area contributed by atoms with Gasteiger partial charge in [-0.2, -0.15) is 20.1 Å². The number of rotatable bonds is 11. The van der Waals surface area contributed by atoms with Gasteiger partial charge < -0.3 is 24.0 Å². The Morgan fingerprint density at radius 3 is 2.12 bits per heavy atom. The first-order chi connectivity index (χ1) is 23.5. The molecule has 0 N–H and O–H groups in total. The van der Waals surface area contributed by atoms with Crippen LogP contribution in [-0.4, -0.2) is 74.8 Å². The van der Waals surface area contributed by atoms with E-state index in [2.05, 4.69) is 56.3 Å². The quantitative estimate of drug-likeness (QED) is 0.202. The van der Waals surface area contributed by atoms with Gasteiger partial charge in [0.15, 0.2) is 0 Å². The van der Waals surface area contributed by atoms with Gasteiger partial charge in [0.05, 0.1) is 36.8 Å². The number of piperazine rings is 1. The van der Waals surface area contributed by atoms with E-state index >= 15 is 0 Å². The van der Waals surface area contributed by atoms with Gasteiger partial charge in [-0.3, -0.25) is 0 Å². The van der Waals surface area contributed by atoms with Crippen molar-refractivity contribution < 1.29 is 14.2 Å². The Morgan fingerprint density at radius 1 is 0.854 bits per heavy atom. The normalized spacial score (nSPS) is 20.5. The zero-order valence-electron chi connectivity index (χ0n) is 27.5. The van der Waals surface area contributed by atoms with Gasteiger partial charge in [-0.05, 0) is 61.9 Å². The number of benzene rings is 3. The third kappa shape index (κ3) is 6.71. The smallest absolute Gasteiger partial charge is 0.350 e. The largest absolute Gasteiger partial charge is 0.491 e. The fraction of sp³-hybridized carbons (Fsp3) is 0.389. The van der Waals surface area contributed by atoms with Crippen molar-refractivity contribution in [3.63, 3.8) is 0 Å². The molecule has 0 bridgehead atoms. The third-order valence-corrected chi connectivity index (χ3v) is 9.27. The van der Waals surface area contributed by atoms with Crippen LogP contribution in [0.15, 0.2) is 102 Å². The van der Waals surface area contributed by atoms with Crippen molar-refractivity contribution in [3.8, 4) is 11.4 Å². The van der Waals surface area contributed by atoms with E-state index in [0.717, 1.165) is 61.7 Å². The molecule has 250 valence electrons. The van der Waals surface area contributed by atoms with E-state index in [1.54, 1.807) is 32.8 Å². The average molecular weight is 651 g/mol. The van der Waals surface area contributed by atoms with E-state index < -0.39 is 5.79 Å². The zero-order valence-corrected chi connectivity index (χ0v) is 27.5. The standard InChI is InChI=1S/C36H42N8O4/c1-3-28(2)44-35(45)42(27-39-44)32-11-9-30(10-12-32)40-20-22-41(23-21-40)31-13-15-33(16-14-31)46-25-34-17-24-47-36(48-34,26-43-37-18-19-38-43)29-7-5-4-6-8-29/h4-16,18-19,27-28,34H,3,17,20-26H2,1-2H3/t28-,34+,36+/m0/s1. The summed E-state index contributed by atoms with van der Waals surface area (Å²) in [7, 11) is 0. The van der Waals surface area contributed by atoms with Crippen molar-refractivity contribution in [2.75, 3.05) is 49.2 Å². The highest BCUT2D eigenvalue weighted by Gasteiger charge is 2.42. The Kier molecular flexibility index (Phi) is 9.26. The molecule has 2 aliphatic rings. The van der Waals surface area contributed by atoms with Crippen LogP contribution < -0.4 is 20.2 Å². The molecule has 0 aliphatic carbocycles. The summed E-state index contributed by atoms with van der Waals surface area (Å²) < 4.78 is 22.2. The highest BCUT2D eigenvalue weighted by atomic mass is 16.7. The van der Waals surface area contributed by atoms with Gasteiger partial charge in [0.25, 0.3) is 0 Å². The van der Waals surface area contributed by atoms with Gasteiger partial charge in [0.1, 0.15) is 25.2 Å². The Hall–Kier alpha value is -4.94. The predicted molar refractivity (Wildman–Crippen MR) is 183 cm³/mol. The van der Waals surface area contributed by atoms with Crippen molar-refractivity contribution in [3.05, 3.63) is 114 Å². The highest BCUT2D eigenvalue weighted by Crippen LogP contribution is 2.35. The predicted octanol–water partition coefficient (Wildman–Crippen LogP) is 4.66. The van der Waals surface area contributed by atoms with Crippen LogP contribution in [-0.2, 0) is 21.8 Å². The molecule has 0 saturated carbocycles. The number of ether oxygens (including phenoxy) is 3. The van der Waals surface area contributed by atoms with E-state index in [9.17, 15) is 4.79 Å². The summed E-state index contributed by atoms with van der Waals surface area (Å²) >= 11 is 0. The van der Waals surface area contributed by atoms with Crippen LogP contribution in [0.1, 0.15) is 38.3 Å². The fourth-order valence-corrected chi connectivity index (χ4v) is 6.32. The molecule has 12 heteroatoms. The molecule has 0 spiro atoms. The molecule has 2 aliphatic heterocycles. The van der Waals surface area contributed by atoms with Crippen LogP contribution in [0.4, 0.5) is 11.4 Å². The maximum absolute atomic E-state index is 12.8. The lowest BCUT2D eigenvalue weighted by Gasteiger charge is -2.40. The Labute approximate surface area is 280 Å². The minimum Gasteiger partial charge on any atom is -0.491 e. The molecule has 0 radical (unpaired) electrons. The van der Waals surface area contributed by atoms with Crippen LogP contribution >= 0.6 is 0 Å². The summed E-state index contributed by atoms with van der Waals surface area (Å²) in [5, 5.41) is 12.9. The van der Waals surface area contributed by atoms with Gasteiger partial charge in [-0.25, -0.2) is 14.0 Å². The SMILES string of the molecule is CC[C@H](C)n1ncn(-c2ccc(N3CCN(c4ccc(OC[C@H]5CCO[C@@](Cn6nccn6)(c6ccccc6)O5)cc4)CC3)cc2)c1=O. The second-order valence-electron chi connectivity index (χ2n) is 12.3. The molecule has 0 amide bonds. The third-order valence-electron chi connectivity index (χ3n) is 9.27. The number of nitrogens with zero attached hydrogens (tertiary/aromatic N) is 8. The van der Waals surface area contributed by atoms with E-state index in [1.807, 2.05) is 61.5 Å². The van der Waals surface area contributed by atoms with E-state index in [4.69, 9.17) is 14.2 Å². The molecular formula is C36H42N8O4. The number of hydrogen-bond donors (Lipinski definition) is 0. The van der Waals surface area contributed by atoms with Crippen molar-refractivity contribution >= 4 is 11.4 Å². The van der Waals surface area contributed by atoms with E-state index in [-0.39, 0.29) is 17.8 Å². The second kappa shape index (κ2) is 14.0. The lowest BCUT2D eigenvalue weighted by atomic mass is 10.0. The Balaban J connectivity index is 0.924. The number of anilines is 2. The van der Waals surface area contributed by atoms with Gasteiger partial charge in [0, 0.05) is 49.5 Å². The minimum absolute atomic E-state index is 0.0722. The van der Waals surface area contributed by atoms with Gasteiger partial charge in [0.2, 0.25) is 5.79 Å². The molecule has 5 aromatic rings. The average Bonchev–Trinajstić information content (AvgIpc) is 3.80. The molecule has 48 heavy (non-hydrogen) atoms. The fourth-order valence-electron chi connectivity index (χ4n) is 6.32. The van der Waals surface area contributed by atoms with Crippen molar-refractivity contribution in [2.24, 2.45) is 0 Å². The van der Waals surface area contributed by atoms with Crippen LogP contribution in [0.25, 0.3) is 5.69 Å². The molecule has 3 aromatic carbocycles. The molecule has 2 fully saturated rings.